The summed E-state index contributed by atoms with van der Waals surface area (Å²) in [6, 6.07) is 0. The largest absolute Gasteiger partial charge is 0.481 e. The number of carboxylic acids is 1. The Hall–Kier alpha value is -0.610. The molecule has 104 valence electrons. The van der Waals surface area contributed by atoms with Crippen LogP contribution in [-0.2, 0) is 4.79 Å². The lowest BCUT2D eigenvalue weighted by atomic mass is 9.70. The van der Waals surface area contributed by atoms with E-state index in [4.69, 9.17) is 0 Å². The molecule has 1 aliphatic heterocycles. The lowest BCUT2D eigenvalue weighted by Gasteiger charge is -2.52. The molecule has 2 rings (SSSR count). The maximum Gasteiger partial charge on any atom is 0.305 e. The number of hydrogen-bond acceptors (Lipinski definition) is 3. The van der Waals surface area contributed by atoms with Crippen LogP contribution < -0.4 is 0 Å². The highest BCUT2D eigenvalue weighted by Crippen LogP contribution is 2.41. The van der Waals surface area contributed by atoms with Gasteiger partial charge in [-0.1, -0.05) is 19.8 Å². The molecule has 2 aliphatic rings. The van der Waals surface area contributed by atoms with Crippen LogP contribution in [0.5, 0.6) is 0 Å². The van der Waals surface area contributed by atoms with Crippen molar-refractivity contribution < 1.29 is 9.90 Å². The van der Waals surface area contributed by atoms with Crippen LogP contribution in [0.3, 0.4) is 0 Å². The molecule has 18 heavy (non-hydrogen) atoms. The summed E-state index contributed by atoms with van der Waals surface area (Å²) >= 11 is 0. The second-order valence-corrected chi connectivity index (χ2v) is 6.11. The maximum absolute atomic E-state index is 11.3. The molecule has 1 saturated carbocycles. The summed E-state index contributed by atoms with van der Waals surface area (Å²) in [5, 5.41) is 9.29. The van der Waals surface area contributed by atoms with Crippen LogP contribution in [0, 0.1) is 5.92 Å². The second-order valence-electron chi connectivity index (χ2n) is 6.11. The van der Waals surface area contributed by atoms with Crippen molar-refractivity contribution in [3.8, 4) is 0 Å². The highest BCUT2D eigenvalue weighted by molar-refractivity contribution is 5.68. The van der Waals surface area contributed by atoms with Crippen molar-refractivity contribution in [2.24, 2.45) is 5.92 Å². The molecule has 2 atom stereocenters. The number of aliphatic carboxylic acids is 1. The molecule has 0 aromatic heterocycles. The number of hydrogen-bond donors (Lipinski definition) is 1. The van der Waals surface area contributed by atoms with Crippen molar-refractivity contribution >= 4 is 5.97 Å². The molecule has 1 aliphatic carbocycles. The van der Waals surface area contributed by atoms with Crippen LogP contribution in [0.4, 0.5) is 0 Å². The molecule has 1 heterocycles. The van der Waals surface area contributed by atoms with Crippen LogP contribution in [0.15, 0.2) is 0 Å². The van der Waals surface area contributed by atoms with Gasteiger partial charge in [0.05, 0.1) is 6.42 Å². The number of carboxylic acid groups (broad SMARTS) is 1. The molecule has 4 heteroatoms. The predicted octanol–water partition coefficient (Wildman–Crippen LogP) is 1.66. The number of rotatable bonds is 3. The van der Waals surface area contributed by atoms with Gasteiger partial charge in [0.1, 0.15) is 0 Å². The van der Waals surface area contributed by atoms with Crippen molar-refractivity contribution in [2.45, 2.75) is 44.6 Å². The molecular formula is C14H26N2O2. The zero-order valence-electron chi connectivity index (χ0n) is 11.7. The minimum absolute atomic E-state index is 0.0780. The van der Waals surface area contributed by atoms with E-state index in [1.165, 1.54) is 19.3 Å². The summed E-state index contributed by atoms with van der Waals surface area (Å²) in [5.41, 5.74) is -0.0780. The summed E-state index contributed by atoms with van der Waals surface area (Å²) in [6.45, 7) is 6.42. The van der Waals surface area contributed by atoms with Crippen LogP contribution in [0.25, 0.3) is 0 Å². The summed E-state index contributed by atoms with van der Waals surface area (Å²) in [7, 11) is 2.14. The SMILES string of the molecule is CC1CCCCC1(CC(=O)O)N1CCN(C)CC1. The molecule has 1 saturated heterocycles. The Kier molecular flexibility index (Phi) is 4.28. The van der Waals surface area contributed by atoms with E-state index in [0.717, 1.165) is 32.6 Å². The maximum atomic E-state index is 11.3. The first-order valence-corrected chi connectivity index (χ1v) is 7.20. The zero-order chi connectivity index (χ0) is 13.2. The standard InChI is InChI=1S/C14H26N2O2/c1-12-5-3-4-6-14(12,11-13(17)18)16-9-7-15(2)8-10-16/h12H,3-11H2,1-2H3,(H,17,18). The Bertz CT molecular complexity index is 300. The second kappa shape index (κ2) is 5.57. The lowest BCUT2D eigenvalue weighted by molar-refractivity contribution is -0.143. The molecule has 2 fully saturated rings. The summed E-state index contributed by atoms with van der Waals surface area (Å²) in [4.78, 5) is 16.1. The molecule has 0 radical (unpaired) electrons. The number of piperazine rings is 1. The normalized spacial score (nSPS) is 35.6. The van der Waals surface area contributed by atoms with Crippen LogP contribution in [-0.4, -0.2) is 59.6 Å². The van der Waals surface area contributed by atoms with Crippen LogP contribution in [0.2, 0.25) is 0 Å². The van der Waals surface area contributed by atoms with Gasteiger partial charge in [0.15, 0.2) is 0 Å². The highest BCUT2D eigenvalue weighted by Gasteiger charge is 2.45. The fourth-order valence-corrected chi connectivity index (χ4v) is 3.75. The van der Waals surface area contributed by atoms with E-state index >= 15 is 0 Å². The first-order valence-electron chi connectivity index (χ1n) is 7.20. The quantitative estimate of drug-likeness (QED) is 0.832. The van der Waals surface area contributed by atoms with Crippen molar-refractivity contribution in [3.05, 3.63) is 0 Å². The van der Waals surface area contributed by atoms with Crippen LogP contribution in [0.1, 0.15) is 39.0 Å². The van der Waals surface area contributed by atoms with E-state index in [9.17, 15) is 9.90 Å². The van der Waals surface area contributed by atoms with E-state index in [2.05, 4.69) is 23.8 Å². The van der Waals surface area contributed by atoms with Gasteiger partial charge in [-0.05, 0) is 25.8 Å². The third-order valence-corrected chi connectivity index (χ3v) is 5.00. The highest BCUT2D eigenvalue weighted by atomic mass is 16.4. The fourth-order valence-electron chi connectivity index (χ4n) is 3.75. The minimum atomic E-state index is -0.636. The third-order valence-electron chi connectivity index (χ3n) is 5.00. The first kappa shape index (κ1) is 13.8. The first-order chi connectivity index (χ1) is 8.54. The Morgan fingerprint density at radius 1 is 1.28 bits per heavy atom. The van der Waals surface area contributed by atoms with Gasteiger partial charge in [0, 0.05) is 31.7 Å². The molecule has 4 nitrogen and oxygen atoms in total. The molecule has 0 bridgehead atoms. The molecule has 1 N–H and O–H groups in total. The van der Waals surface area contributed by atoms with E-state index in [1.807, 2.05) is 0 Å². The molecule has 2 unspecified atom stereocenters. The number of likely N-dealkylation sites (N-methyl/N-ethyl adjacent to an activating group) is 1. The van der Waals surface area contributed by atoms with Crippen molar-refractivity contribution in [3.63, 3.8) is 0 Å². The average Bonchev–Trinajstić information content (AvgIpc) is 2.32. The Labute approximate surface area is 110 Å². The van der Waals surface area contributed by atoms with Crippen LogP contribution >= 0.6 is 0 Å². The van der Waals surface area contributed by atoms with Gasteiger partial charge in [-0.3, -0.25) is 9.69 Å². The Morgan fingerprint density at radius 3 is 2.50 bits per heavy atom. The third kappa shape index (κ3) is 2.69. The van der Waals surface area contributed by atoms with Crippen molar-refractivity contribution in [2.75, 3.05) is 33.2 Å². The molecule has 0 spiro atoms. The molecule has 0 aromatic carbocycles. The van der Waals surface area contributed by atoms with Gasteiger partial charge in [0.25, 0.3) is 0 Å². The predicted molar refractivity (Wildman–Crippen MR) is 71.7 cm³/mol. The van der Waals surface area contributed by atoms with Gasteiger partial charge in [-0.25, -0.2) is 0 Å². The monoisotopic (exact) mass is 254 g/mol. The van der Waals surface area contributed by atoms with Gasteiger partial charge in [0.2, 0.25) is 0 Å². The lowest BCUT2D eigenvalue weighted by Crippen LogP contribution is -2.61. The Balaban J connectivity index is 2.15. The summed E-state index contributed by atoms with van der Waals surface area (Å²) < 4.78 is 0. The van der Waals surface area contributed by atoms with Gasteiger partial charge >= 0.3 is 5.97 Å². The topological polar surface area (TPSA) is 43.8 Å². The summed E-state index contributed by atoms with van der Waals surface area (Å²) in [5.74, 6) is -0.131. The molecule has 0 aromatic rings. The Morgan fingerprint density at radius 2 is 1.94 bits per heavy atom. The molecular weight excluding hydrogens is 228 g/mol. The van der Waals surface area contributed by atoms with Gasteiger partial charge < -0.3 is 10.0 Å². The average molecular weight is 254 g/mol. The minimum Gasteiger partial charge on any atom is -0.481 e. The van der Waals surface area contributed by atoms with Gasteiger partial charge in [-0.15, -0.1) is 0 Å². The van der Waals surface area contributed by atoms with E-state index in [-0.39, 0.29) is 5.54 Å². The van der Waals surface area contributed by atoms with E-state index in [1.54, 1.807) is 0 Å². The van der Waals surface area contributed by atoms with E-state index < -0.39 is 5.97 Å². The number of carbonyl (C=O) groups is 1. The smallest absolute Gasteiger partial charge is 0.305 e. The van der Waals surface area contributed by atoms with E-state index in [0.29, 0.717) is 12.3 Å². The molecule has 0 amide bonds. The summed E-state index contributed by atoms with van der Waals surface area (Å²) in [6.07, 6.45) is 5.00. The number of nitrogens with zero attached hydrogens (tertiary/aromatic N) is 2. The zero-order valence-corrected chi connectivity index (χ0v) is 11.7. The van der Waals surface area contributed by atoms with Crippen molar-refractivity contribution in [1.29, 1.82) is 0 Å². The van der Waals surface area contributed by atoms with Crippen molar-refractivity contribution in [1.82, 2.24) is 9.80 Å². The van der Waals surface area contributed by atoms with Gasteiger partial charge in [-0.2, -0.15) is 0 Å². The fraction of sp³-hybridized carbons (Fsp3) is 0.929.